The third-order valence-electron chi connectivity index (χ3n) is 2.67. The number of nitrogens with zero attached hydrogens (tertiary/aromatic N) is 2. The first-order valence-corrected chi connectivity index (χ1v) is 5.67. The Balaban J connectivity index is 2.38. The van der Waals surface area contributed by atoms with Crippen LogP contribution in [0.2, 0.25) is 0 Å². The third-order valence-corrected chi connectivity index (χ3v) is 2.67. The van der Waals surface area contributed by atoms with Crippen molar-refractivity contribution in [2.24, 2.45) is 5.73 Å². The van der Waals surface area contributed by atoms with Crippen LogP contribution in [0.25, 0.3) is 0 Å². The van der Waals surface area contributed by atoms with Gasteiger partial charge in [-0.05, 0) is 18.7 Å². The lowest BCUT2D eigenvalue weighted by atomic mass is 10.2. The first-order chi connectivity index (χ1) is 8.77. The summed E-state index contributed by atoms with van der Waals surface area (Å²) in [5.74, 6) is 0.392. The molecule has 0 radical (unpaired) electrons. The summed E-state index contributed by atoms with van der Waals surface area (Å²) in [5, 5.41) is 0. The zero-order chi connectivity index (χ0) is 13.0. The minimum absolute atomic E-state index is 0.159. The van der Waals surface area contributed by atoms with Crippen LogP contribution in [-0.4, -0.2) is 29.1 Å². The minimum atomic E-state index is -0.159. The van der Waals surface area contributed by atoms with Crippen molar-refractivity contribution < 1.29 is 9.53 Å². The molecule has 0 fully saturated rings. The quantitative estimate of drug-likeness (QED) is 0.875. The van der Waals surface area contributed by atoms with E-state index in [1.807, 2.05) is 6.07 Å². The van der Waals surface area contributed by atoms with Crippen LogP contribution in [0, 0.1) is 0 Å². The molecule has 0 spiro atoms. The summed E-state index contributed by atoms with van der Waals surface area (Å²) in [7, 11) is 1.54. The van der Waals surface area contributed by atoms with Gasteiger partial charge >= 0.3 is 0 Å². The van der Waals surface area contributed by atoms with Gasteiger partial charge in [-0.25, -0.2) is 4.98 Å². The van der Waals surface area contributed by atoms with E-state index in [0.29, 0.717) is 24.3 Å². The highest BCUT2D eigenvalue weighted by Gasteiger charge is 2.15. The molecule has 1 aromatic carbocycles. The van der Waals surface area contributed by atoms with Gasteiger partial charge < -0.3 is 10.5 Å². The number of rotatable bonds is 4. The van der Waals surface area contributed by atoms with Gasteiger partial charge in [0.15, 0.2) is 0 Å². The van der Waals surface area contributed by atoms with Crippen molar-refractivity contribution >= 4 is 5.91 Å². The van der Waals surface area contributed by atoms with Gasteiger partial charge in [-0.3, -0.25) is 9.36 Å². The minimum Gasteiger partial charge on any atom is -0.496 e. The molecule has 0 bridgehead atoms. The molecule has 0 aliphatic heterocycles. The fourth-order valence-corrected chi connectivity index (χ4v) is 1.79. The Morgan fingerprint density at radius 2 is 2.22 bits per heavy atom. The number of carbonyl (C=O) groups excluding carboxylic acids is 1. The molecule has 0 saturated carbocycles. The van der Waals surface area contributed by atoms with Gasteiger partial charge in [0.2, 0.25) is 0 Å². The van der Waals surface area contributed by atoms with Crippen molar-refractivity contribution in [3.05, 3.63) is 48.0 Å². The maximum absolute atomic E-state index is 12.4. The Bertz CT molecular complexity index is 549. The van der Waals surface area contributed by atoms with Crippen molar-refractivity contribution in [1.29, 1.82) is 0 Å². The van der Waals surface area contributed by atoms with E-state index in [1.54, 1.807) is 31.5 Å². The maximum Gasteiger partial charge on any atom is 0.267 e. The first-order valence-electron chi connectivity index (χ1n) is 5.67. The Labute approximate surface area is 105 Å². The number of ether oxygens (including phenoxy) is 1. The van der Waals surface area contributed by atoms with E-state index < -0.39 is 0 Å². The Morgan fingerprint density at radius 3 is 2.94 bits per heavy atom. The molecule has 1 heterocycles. The van der Waals surface area contributed by atoms with Crippen LogP contribution in [0.5, 0.6) is 5.75 Å². The highest BCUT2D eigenvalue weighted by atomic mass is 16.5. The molecule has 2 aromatic rings. The standard InChI is InChI=1S/C13H15N3O2/c1-18-12-5-3-2-4-11(12)13(17)16-9-15-8-10(16)6-7-14/h2-5,8-9H,6-7,14H2,1H3. The van der Waals surface area contributed by atoms with E-state index in [-0.39, 0.29) is 5.91 Å². The molecule has 0 saturated heterocycles. The monoisotopic (exact) mass is 245 g/mol. The summed E-state index contributed by atoms with van der Waals surface area (Å²) in [6.07, 6.45) is 3.76. The van der Waals surface area contributed by atoms with Crippen molar-refractivity contribution in [3.63, 3.8) is 0 Å². The maximum atomic E-state index is 12.4. The SMILES string of the molecule is COc1ccccc1C(=O)n1cncc1CCN. The number of hydrogen-bond acceptors (Lipinski definition) is 4. The van der Waals surface area contributed by atoms with Crippen LogP contribution in [0.1, 0.15) is 16.1 Å². The summed E-state index contributed by atoms with van der Waals surface area (Å²) < 4.78 is 6.69. The zero-order valence-corrected chi connectivity index (χ0v) is 10.2. The van der Waals surface area contributed by atoms with Gasteiger partial charge in [-0.15, -0.1) is 0 Å². The summed E-state index contributed by atoms with van der Waals surface area (Å²) in [6.45, 7) is 0.477. The lowest BCUT2D eigenvalue weighted by Crippen LogP contribution is -2.17. The van der Waals surface area contributed by atoms with E-state index in [0.717, 1.165) is 5.69 Å². The third kappa shape index (κ3) is 2.26. The second-order valence-electron chi connectivity index (χ2n) is 3.80. The number of para-hydroxylation sites is 1. The fraction of sp³-hybridized carbons (Fsp3) is 0.231. The van der Waals surface area contributed by atoms with Crippen molar-refractivity contribution in [2.45, 2.75) is 6.42 Å². The number of hydrogen-bond donors (Lipinski definition) is 1. The van der Waals surface area contributed by atoms with Crippen LogP contribution >= 0.6 is 0 Å². The number of nitrogens with two attached hydrogens (primary N) is 1. The highest BCUT2D eigenvalue weighted by Crippen LogP contribution is 2.19. The normalized spacial score (nSPS) is 10.3. The number of imidazole rings is 1. The molecule has 1 aromatic heterocycles. The zero-order valence-electron chi connectivity index (χ0n) is 10.2. The summed E-state index contributed by atoms with van der Waals surface area (Å²) in [6, 6.07) is 7.11. The lowest BCUT2D eigenvalue weighted by Gasteiger charge is -2.09. The van der Waals surface area contributed by atoms with Crippen LogP contribution in [0.3, 0.4) is 0 Å². The van der Waals surface area contributed by atoms with E-state index in [2.05, 4.69) is 4.98 Å². The number of carbonyl (C=O) groups is 1. The molecule has 0 amide bonds. The number of aromatic nitrogens is 2. The highest BCUT2D eigenvalue weighted by molar-refractivity contribution is 5.98. The van der Waals surface area contributed by atoms with Crippen molar-refractivity contribution in [2.75, 3.05) is 13.7 Å². The van der Waals surface area contributed by atoms with E-state index in [4.69, 9.17) is 10.5 Å². The molecule has 18 heavy (non-hydrogen) atoms. The second-order valence-corrected chi connectivity index (χ2v) is 3.80. The number of benzene rings is 1. The Morgan fingerprint density at radius 1 is 1.44 bits per heavy atom. The molecular formula is C13H15N3O2. The van der Waals surface area contributed by atoms with Gasteiger partial charge in [0.05, 0.1) is 12.7 Å². The molecule has 2 rings (SSSR count). The Hall–Kier alpha value is -2.14. The average Bonchev–Trinajstić information content (AvgIpc) is 2.86. The van der Waals surface area contributed by atoms with E-state index in [1.165, 1.54) is 10.9 Å². The van der Waals surface area contributed by atoms with Crippen LogP contribution in [0.15, 0.2) is 36.8 Å². The topological polar surface area (TPSA) is 70.1 Å². The summed E-state index contributed by atoms with van der Waals surface area (Å²) in [4.78, 5) is 16.4. The summed E-state index contributed by atoms with van der Waals surface area (Å²) in [5.41, 5.74) is 6.82. The average molecular weight is 245 g/mol. The van der Waals surface area contributed by atoms with E-state index in [9.17, 15) is 4.79 Å². The van der Waals surface area contributed by atoms with Gasteiger partial charge in [0, 0.05) is 18.3 Å². The molecule has 0 atom stereocenters. The smallest absolute Gasteiger partial charge is 0.267 e. The fourth-order valence-electron chi connectivity index (χ4n) is 1.79. The van der Waals surface area contributed by atoms with Gasteiger partial charge in [0.1, 0.15) is 12.1 Å². The first kappa shape index (κ1) is 12.3. The van der Waals surface area contributed by atoms with Crippen molar-refractivity contribution in [3.8, 4) is 5.75 Å². The summed E-state index contributed by atoms with van der Waals surface area (Å²) >= 11 is 0. The molecule has 0 aliphatic carbocycles. The lowest BCUT2D eigenvalue weighted by molar-refractivity contribution is 0.0954. The molecule has 2 N–H and O–H groups in total. The predicted octanol–water partition coefficient (Wildman–Crippen LogP) is 1.08. The van der Waals surface area contributed by atoms with Crippen molar-refractivity contribution in [1.82, 2.24) is 9.55 Å². The molecule has 0 aliphatic rings. The van der Waals surface area contributed by atoms with Crippen LogP contribution in [-0.2, 0) is 6.42 Å². The second kappa shape index (κ2) is 5.46. The van der Waals surface area contributed by atoms with Gasteiger partial charge in [-0.2, -0.15) is 0 Å². The van der Waals surface area contributed by atoms with Crippen LogP contribution in [0.4, 0.5) is 0 Å². The number of methoxy groups -OCH3 is 1. The molecular weight excluding hydrogens is 230 g/mol. The molecule has 0 unspecified atom stereocenters. The Kier molecular flexibility index (Phi) is 3.74. The van der Waals surface area contributed by atoms with Gasteiger partial charge in [0.25, 0.3) is 5.91 Å². The molecule has 5 nitrogen and oxygen atoms in total. The largest absolute Gasteiger partial charge is 0.496 e. The van der Waals surface area contributed by atoms with Gasteiger partial charge in [-0.1, -0.05) is 12.1 Å². The van der Waals surface area contributed by atoms with E-state index >= 15 is 0 Å². The molecule has 94 valence electrons. The van der Waals surface area contributed by atoms with Crippen LogP contribution < -0.4 is 10.5 Å². The predicted molar refractivity (Wildman–Crippen MR) is 67.7 cm³/mol. The molecule has 5 heteroatoms.